The first-order valence-corrected chi connectivity index (χ1v) is 14.9. The van der Waals surface area contributed by atoms with Crippen molar-refractivity contribution in [1.82, 2.24) is 24.9 Å². The molecule has 0 unspecified atom stereocenters. The van der Waals surface area contributed by atoms with Crippen LogP contribution in [0.25, 0.3) is 0 Å². The normalized spacial score (nSPS) is 12.1. The Kier molecular flexibility index (Phi) is 11.9. The van der Waals surface area contributed by atoms with Crippen LogP contribution < -0.4 is 15.4 Å². The number of amides is 3. The molecule has 0 fully saturated rings. The minimum Gasteiger partial charge on any atom is -0.484 e. The second kappa shape index (κ2) is 15.2. The summed E-state index contributed by atoms with van der Waals surface area (Å²) in [6.45, 7) is 10.6. The summed E-state index contributed by atoms with van der Waals surface area (Å²) in [7, 11) is 5.06. The zero-order valence-corrected chi connectivity index (χ0v) is 27.8. The number of aryl methyl sites for hydroxylation is 2. The summed E-state index contributed by atoms with van der Waals surface area (Å²) in [5.41, 5.74) is 0.804. The van der Waals surface area contributed by atoms with Gasteiger partial charge in [0.25, 0.3) is 11.8 Å². The Labute approximate surface area is 268 Å². The van der Waals surface area contributed by atoms with Crippen LogP contribution in [0.5, 0.6) is 5.75 Å². The van der Waals surface area contributed by atoms with Crippen LogP contribution in [0.3, 0.4) is 0 Å². The Morgan fingerprint density at radius 2 is 1.80 bits per heavy atom. The maximum absolute atomic E-state index is 14.6. The van der Waals surface area contributed by atoms with Gasteiger partial charge in [0.1, 0.15) is 23.3 Å². The molecule has 3 amide bonds. The van der Waals surface area contributed by atoms with E-state index >= 15 is 0 Å². The average molecular weight is 645 g/mol. The van der Waals surface area contributed by atoms with Crippen LogP contribution in [-0.4, -0.2) is 83.4 Å². The Hall–Kier alpha value is -4.16. The fraction of sp³-hybridized carbons (Fsp3) is 0.438. The predicted molar refractivity (Wildman–Crippen MR) is 171 cm³/mol. The Morgan fingerprint density at radius 3 is 2.38 bits per heavy atom. The zero-order valence-electron chi connectivity index (χ0n) is 27.0. The summed E-state index contributed by atoms with van der Waals surface area (Å²) in [5.74, 6) is -0.952. The van der Waals surface area contributed by atoms with E-state index in [1.54, 1.807) is 47.9 Å². The maximum atomic E-state index is 14.6. The molecular formula is C32H42ClFN6O5. The van der Waals surface area contributed by atoms with Gasteiger partial charge in [0, 0.05) is 58.1 Å². The predicted octanol–water partition coefficient (Wildman–Crippen LogP) is 5.44. The molecule has 0 aliphatic rings. The number of likely N-dealkylation sites (N-methyl/N-ethyl adjacent to an activating group) is 2. The van der Waals surface area contributed by atoms with Crippen molar-refractivity contribution in [2.45, 2.75) is 46.3 Å². The van der Waals surface area contributed by atoms with Gasteiger partial charge in [-0.15, -0.1) is 0 Å². The minimum absolute atomic E-state index is 0.0352. The molecule has 0 aliphatic carbocycles. The van der Waals surface area contributed by atoms with Gasteiger partial charge in [-0.1, -0.05) is 17.7 Å². The molecule has 0 aliphatic heterocycles. The number of nitrogens with zero attached hydrogens (tertiary/aromatic N) is 4. The summed E-state index contributed by atoms with van der Waals surface area (Å²) in [6.07, 6.45) is 0.530. The van der Waals surface area contributed by atoms with Gasteiger partial charge in [0.05, 0.1) is 10.6 Å². The van der Waals surface area contributed by atoms with E-state index in [9.17, 15) is 18.8 Å². The molecule has 11 nitrogen and oxygen atoms in total. The van der Waals surface area contributed by atoms with Crippen molar-refractivity contribution in [3.05, 3.63) is 75.7 Å². The van der Waals surface area contributed by atoms with Crippen molar-refractivity contribution in [1.29, 1.82) is 0 Å². The topological polar surface area (TPSA) is 118 Å². The highest BCUT2D eigenvalue weighted by atomic mass is 35.5. The van der Waals surface area contributed by atoms with Crippen molar-refractivity contribution < 1.29 is 28.2 Å². The van der Waals surface area contributed by atoms with Gasteiger partial charge in [-0.2, -0.15) is 5.10 Å². The van der Waals surface area contributed by atoms with Crippen LogP contribution in [0.15, 0.2) is 42.6 Å². The van der Waals surface area contributed by atoms with E-state index in [0.29, 0.717) is 36.6 Å². The largest absolute Gasteiger partial charge is 0.484 e. The molecule has 0 saturated carbocycles. The molecule has 3 aromatic rings. The first-order chi connectivity index (χ1) is 21.1. The quantitative estimate of drug-likeness (QED) is 0.270. The van der Waals surface area contributed by atoms with Crippen LogP contribution in [0.2, 0.25) is 5.02 Å². The third-order valence-corrected chi connectivity index (χ3v) is 7.15. The third kappa shape index (κ3) is 9.92. The van der Waals surface area contributed by atoms with Gasteiger partial charge >= 0.3 is 6.09 Å². The lowest BCUT2D eigenvalue weighted by Gasteiger charge is -2.30. The van der Waals surface area contributed by atoms with E-state index in [1.165, 1.54) is 25.2 Å². The molecule has 2 aromatic carbocycles. The fourth-order valence-corrected chi connectivity index (χ4v) is 4.57. The van der Waals surface area contributed by atoms with Gasteiger partial charge in [-0.3, -0.25) is 14.3 Å². The highest BCUT2D eigenvalue weighted by Gasteiger charge is 2.25. The maximum Gasteiger partial charge on any atom is 0.410 e. The molecule has 13 heteroatoms. The summed E-state index contributed by atoms with van der Waals surface area (Å²) in [6, 6.07) is 9.12. The van der Waals surface area contributed by atoms with E-state index in [4.69, 9.17) is 21.1 Å². The SMILES string of the molecule is CCN(CCN(C)C[C@@H](Oc1cc(C)c(C(=O)Nc2ccn(C)n2)cc1C(=O)NC)c1ccc(Cl)c(F)c1)C(=O)OC(C)(C)C. The number of carbonyl (C=O) groups is 3. The molecule has 45 heavy (non-hydrogen) atoms. The van der Waals surface area contributed by atoms with Crippen molar-refractivity contribution in [2.24, 2.45) is 7.05 Å². The van der Waals surface area contributed by atoms with E-state index < -0.39 is 35.4 Å². The molecule has 1 atom stereocenters. The molecule has 0 spiro atoms. The van der Waals surface area contributed by atoms with Crippen molar-refractivity contribution in [3.8, 4) is 5.75 Å². The number of nitrogens with one attached hydrogen (secondary N) is 2. The number of halogens is 2. The van der Waals surface area contributed by atoms with Gasteiger partial charge < -0.3 is 29.9 Å². The standard InChI is InChI=1S/C32H42ClFN6O5/c1-9-40(31(43)45-32(3,4)5)15-14-38(7)19-27(21-10-11-24(33)25(34)17-21)44-26-16-20(2)22(18-23(26)29(41)35-6)30(42)36-28-12-13-39(8)37-28/h10-13,16-18,27H,9,14-15,19H2,1-8H3,(H,35,41)(H,36,37,42)/t27-/m1/s1. The van der Waals surface area contributed by atoms with Gasteiger partial charge in [-0.05, 0) is 77.1 Å². The molecule has 244 valence electrons. The summed E-state index contributed by atoms with van der Waals surface area (Å²) >= 11 is 5.97. The Balaban J connectivity index is 1.90. The van der Waals surface area contributed by atoms with Gasteiger partial charge in [0.15, 0.2) is 5.82 Å². The first-order valence-electron chi connectivity index (χ1n) is 14.6. The number of anilines is 1. The second-order valence-electron chi connectivity index (χ2n) is 11.7. The number of hydrogen-bond donors (Lipinski definition) is 2. The molecule has 2 N–H and O–H groups in total. The third-order valence-electron chi connectivity index (χ3n) is 6.85. The molecule has 0 saturated heterocycles. The van der Waals surface area contributed by atoms with E-state index in [1.807, 2.05) is 39.6 Å². The summed E-state index contributed by atoms with van der Waals surface area (Å²) in [4.78, 5) is 42.3. The lowest BCUT2D eigenvalue weighted by atomic mass is 10.0. The highest BCUT2D eigenvalue weighted by Crippen LogP contribution is 2.31. The highest BCUT2D eigenvalue weighted by molar-refractivity contribution is 6.30. The average Bonchev–Trinajstić information content (AvgIpc) is 3.37. The van der Waals surface area contributed by atoms with Crippen LogP contribution in [0.1, 0.15) is 65.6 Å². The van der Waals surface area contributed by atoms with Crippen LogP contribution >= 0.6 is 11.6 Å². The molecule has 0 radical (unpaired) electrons. The lowest BCUT2D eigenvalue weighted by molar-refractivity contribution is 0.0241. The second-order valence-corrected chi connectivity index (χ2v) is 12.1. The Morgan fingerprint density at radius 1 is 1.09 bits per heavy atom. The smallest absolute Gasteiger partial charge is 0.410 e. The molecule has 1 aromatic heterocycles. The van der Waals surface area contributed by atoms with Gasteiger partial charge in [0.2, 0.25) is 0 Å². The van der Waals surface area contributed by atoms with E-state index in [0.717, 1.165) is 0 Å². The fourth-order valence-electron chi connectivity index (χ4n) is 4.45. The molecule has 1 heterocycles. The van der Waals surface area contributed by atoms with Crippen molar-refractivity contribution in [2.75, 3.05) is 45.6 Å². The number of ether oxygens (including phenoxy) is 2. The molecule has 0 bridgehead atoms. The number of rotatable bonds is 12. The van der Waals surface area contributed by atoms with Crippen LogP contribution in [0.4, 0.5) is 15.0 Å². The number of carbonyl (C=O) groups excluding carboxylic acids is 3. The van der Waals surface area contributed by atoms with E-state index in [-0.39, 0.29) is 28.4 Å². The van der Waals surface area contributed by atoms with Crippen LogP contribution in [-0.2, 0) is 11.8 Å². The van der Waals surface area contributed by atoms with Crippen LogP contribution in [0, 0.1) is 12.7 Å². The zero-order chi connectivity index (χ0) is 33.5. The minimum atomic E-state index is -0.755. The number of benzene rings is 2. The monoisotopic (exact) mass is 644 g/mol. The molecular weight excluding hydrogens is 603 g/mol. The van der Waals surface area contributed by atoms with Crippen molar-refractivity contribution >= 4 is 35.3 Å². The number of hydrogen-bond acceptors (Lipinski definition) is 7. The molecule has 3 rings (SSSR count). The Bertz CT molecular complexity index is 1520. The van der Waals surface area contributed by atoms with E-state index in [2.05, 4.69) is 15.7 Å². The first kappa shape index (κ1) is 35.3. The lowest BCUT2D eigenvalue weighted by Crippen LogP contribution is -2.41. The summed E-state index contributed by atoms with van der Waals surface area (Å²) < 4.78 is 28.1. The number of aromatic nitrogens is 2. The van der Waals surface area contributed by atoms with Gasteiger partial charge in [-0.25, -0.2) is 9.18 Å². The van der Waals surface area contributed by atoms with Crippen molar-refractivity contribution in [3.63, 3.8) is 0 Å². The summed E-state index contributed by atoms with van der Waals surface area (Å²) in [5, 5.41) is 9.47.